The number of primary amides is 1. The van der Waals surface area contributed by atoms with Gasteiger partial charge in [-0.05, 0) is 118 Å². The molecule has 224 valence electrons. The van der Waals surface area contributed by atoms with Crippen LogP contribution in [0.5, 0.6) is 11.5 Å². The number of ether oxygens (including phenoxy) is 2. The zero-order valence-corrected chi connectivity index (χ0v) is 25.4. The Hall–Kier alpha value is -3.72. The highest BCUT2D eigenvalue weighted by atomic mass is 32.1. The van der Waals surface area contributed by atoms with Crippen LogP contribution in [0, 0.1) is 0 Å². The molecule has 0 aliphatic carbocycles. The highest BCUT2D eigenvalue weighted by Crippen LogP contribution is 2.41. The van der Waals surface area contributed by atoms with Crippen molar-refractivity contribution in [2.75, 3.05) is 52.5 Å². The molecule has 2 aliphatic rings. The van der Waals surface area contributed by atoms with Gasteiger partial charge >= 0.3 is 0 Å². The second-order valence-corrected chi connectivity index (χ2v) is 12.5. The largest absolute Gasteiger partial charge is 0.492 e. The molecule has 43 heavy (non-hydrogen) atoms. The van der Waals surface area contributed by atoms with Gasteiger partial charge in [0.05, 0.1) is 0 Å². The predicted molar refractivity (Wildman–Crippen MR) is 173 cm³/mol. The van der Waals surface area contributed by atoms with Crippen LogP contribution in [0.2, 0.25) is 0 Å². The molecule has 1 aromatic heterocycles. The zero-order valence-electron chi connectivity index (χ0n) is 24.6. The summed E-state index contributed by atoms with van der Waals surface area (Å²) in [4.78, 5) is 31.7. The lowest BCUT2D eigenvalue weighted by Crippen LogP contribution is -2.33. The number of hydrogen-bond acceptors (Lipinski definition) is 7. The number of carbonyl (C=O) groups is 2. The summed E-state index contributed by atoms with van der Waals surface area (Å²) in [7, 11) is 0. The van der Waals surface area contributed by atoms with Crippen LogP contribution in [-0.4, -0.2) is 74.0 Å². The van der Waals surface area contributed by atoms with E-state index in [1.807, 2.05) is 54.6 Å². The average molecular weight is 598 g/mol. The second kappa shape index (κ2) is 13.7. The van der Waals surface area contributed by atoms with E-state index in [0.29, 0.717) is 29.9 Å². The van der Waals surface area contributed by atoms with Crippen molar-refractivity contribution < 1.29 is 19.1 Å². The SMILES string of the molecule is NC(=O)c1ccc2c(C(=O)c3ccc(OCCN4CCCCC4)cc3)c(-c3ccc(OCCN4CCCC4)cc3)sc2c1. The maximum absolute atomic E-state index is 14.0. The third-order valence-electron chi connectivity index (χ3n) is 8.43. The first-order chi connectivity index (χ1) is 21.0. The van der Waals surface area contributed by atoms with E-state index in [9.17, 15) is 9.59 Å². The molecule has 2 N–H and O–H groups in total. The van der Waals surface area contributed by atoms with Crippen molar-refractivity contribution in [2.24, 2.45) is 5.73 Å². The number of nitrogens with two attached hydrogens (primary N) is 1. The van der Waals surface area contributed by atoms with E-state index in [-0.39, 0.29) is 5.78 Å². The van der Waals surface area contributed by atoms with Crippen molar-refractivity contribution >= 4 is 33.1 Å². The van der Waals surface area contributed by atoms with Crippen molar-refractivity contribution in [3.8, 4) is 21.9 Å². The Morgan fingerprint density at radius 2 is 1.23 bits per heavy atom. The number of benzene rings is 3. The lowest BCUT2D eigenvalue weighted by atomic mass is 9.97. The van der Waals surface area contributed by atoms with E-state index in [0.717, 1.165) is 71.3 Å². The van der Waals surface area contributed by atoms with Crippen LogP contribution in [0.4, 0.5) is 0 Å². The normalized spacial score (nSPS) is 16.0. The van der Waals surface area contributed by atoms with Crippen LogP contribution in [0.3, 0.4) is 0 Å². The molecule has 2 aliphatic heterocycles. The number of ketones is 1. The molecule has 3 heterocycles. The van der Waals surface area contributed by atoms with E-state index in [4.69, 9.17) is 15.2 Å². The smallest absolute Gasteiger partial charge is 0.248 e. The van der Waals surface area contributed by atoms with Crippen LogP contribution in [0.15, 0.2) is 66.7 Å². The van der Waals surface area contributed by atoms with Gasteiger partial charge in [0, 0.05) is 44.7 Å². The van der Waals surface area contributed by atoms with Crippen molar-refractivity contribution in [3.63, 3.8) is 0 Å². The van der Waals surface area contributed by atoms with E-state index >= 15 is 0 Å². The van der Waals surface area contributed by atoms with Gasteiger partial charge in [0.25, 0.3) is 0 Å². The molecule has 0 atom stereocenters. The minimum Gasteiger partial charge on any atom is -0.492 e. The Labute approximate surface area is 257 Å². The molecule has 0 bridgehead atoms. The number of amides is 1. The summed E-state index contributed by atoms with van der Waals surface area (Å²) in [5, 5.41) is 0.808. The number of thiophene rings is 1. The molecule has 0 saturated carbocycles. The first kappa shape index (κ1) is 29.4. The highest BCUT2D eigenvalue weighted by Gasteiger charge is 2.23. The topological polar surface area (TPSA) is 85.1 Å². The number of piperidine rings is 1. The third-order valence-corrected chi connectivity index (χ3v) is 9.64. The lowest BCUT2D eigenvalue weighted by molar-refractivity contribution is 0.0999. The fraction of sp³-hybridized carbons (Fsp3) is 0.371. The maximum atomic E-state index is 14.0. The van der Waals surface area contributed by atoms with Crippen molar-refractivity contribution in [3.05, 3.63) is 83.4 Å². The summed E-state index contributed by atoms with van der Waals surface area (Å²) in [5.74, 6) is 1.01. The Morgan fingerprint density at radius 1 is 0.698 bits per heavy atom. The fourth-order valence-electron chi connectivity index (χ4n) is 6.00. The van der Waals surface area contributed by atoms with Gasteiger partial charge in [0.15, 0.2) is 5.78 Å². The minimum atomic E-state index is -0.490. The maximum Gasteiger partial charge on any atom is 0.248 e. The summed E-state index contributed by atoms with van der Waals surface area (Å²) in [5.41, 5.74) is 8.13. The van der Waals surface area contributed by atoms with Crippen molar-refractivity contribution in [1.29, 1.82) is 0 Å². The molecule has 7 nitrogen and oxygen atoms in total. The first-order valence-electron chi connectivity index (χ1n) is 15.4. The second-order valence-electron chi connectivity index (χ2n) is 11.4. The van der Waals surface area contributed by atoms with E-state index in [2.05, 4.69) is 9.80 Å². The summed E-state index contributed by atoms with van der Waals surface area (Å²) in [6, 6.07) is 20.6. The summed E-state index contributed by atoms with van der Waals surface area (Å²) in [6.45, 7) is 7.72. The van der Waals surface area contributed by atoms with Gasteiger partial charge in [-0.3, -0.25) is 19.4 Å². The average Bonchev–Trinajstić information content (AvgIpc) is 3.70. The van der Waals surface area contributed by atoms with Gasteiger partial charge in [-0.25, -0.2) is 0 Å². The molecule has 8 heteroatoms. The zero-order chi connectivity index (χ0) is 29.6. The van der Waals surface area contributed by atoms with Crippen molar-refractivity contribution in [1.82, 2.24) is 9.80 Å². The molecular weight excluding hydrogens is 558 g/mol. The molecule has 3 aromatic carbocycles. The lowest BCUT2D eigenvalue weighted by Gasteiger charge is -2.26. The summed E-state index contributed by atoms with van der Waals surface area (Å²) in [6.07, 6.45) is 6.37. The third kappa shape index (κ3) is 7.09. The Balaban J connectivity index is 1.21. The van der Waals surface area contributed by atoms with Gasteiger partial charge in [0.1, 0.15) is 24.7 Å². The summed E-state index contributed by atoms with van der Waals surface area (Å²) >= 11 is 1.49. The van der Waals surface area contributed by atoms with Gasteiger partial charge in [0.2, 0.25) is 5.91 Å². The van der Waals surface area contributed by atoms with Gasteiger partial charge in [-0.15, -0.1) is 11.3 Å². The summed E-state index contributed by atoms with van der Waals surface area (Å²) < 4.78 is 12.8. The number of nitrogens with zero attached hydrogens (tertiary/aromatic N) is 2. The van der Waals surface area contributed by atoms with Crippen LogP contribution in [0.25, 0.3) is 20.5 Å². The molecule has 2 fully saturated rings. The molecule has 4 aromatic rings. The highest BCUT2D eigenvalue weighted by molar-refractivity contribution is 7.22. The number of hydrogen-bond donors (Lipinski definition) is 1. The Kier molecular flexibility index (Phi) is 9.36. The van der Waals surface area contributed by atoms with E-state index in [1.54, 1.807) is 12.1 Å². The van der Waals surface area contributed by atoms with Gasteiger partial charge < -0.3 is 15.2 Å². The van der Waals surface area contributed by atoms with Crippen LogP contribution >= 0.6 is 11.3 Å². The van der Waals surface area contributed by atoms with Crippen molar-refractivity contribution in [2.45, 2.75) is 32.1 Å². The number of likely N-dealkylation sites (tertiary alicyclic amines) is 2. The van der Waals surface area contributed by atoms with E-state index in [1.165, 1.54) is 43.4 Å². The predicted octanol–water partition coefficient (Wildman–Crippen LogP) is 6.24. The monoisotopic (exact) mass is 597 g/mol. The van der Waals surface area contributed by atoms with Crippen LogP contribution < -0.4 is 15.2 Å². The molecule has 0 unspecified atom stereocenters. The van der Waals surface area contributed by atoms with E-state index < -0.39 is 5.91 Å². The Bertz CT molecular complexity index is 1550. The molecule has 0 spiro atoms. The molecule has 2 saturated heterocycles. The molecular formula is C35H39N3O4S. The van der Waals surface area contributed by atoms with Crippen LogP contribution in [0.1, 0.15) is 58.4 Å². The fourth-order valence-corrected chi connectivity index (χ4v) is 7.25. The number of fused-ring (bicyclic) bond motifs is 1. The quantitative estimate of drug-likeness (QED) is 0.195. The van der Waals surface area contributed by atoms with Gasteiger partial charge in [-0.1, -0.05) is 12.5 Å². The standard InChI is InChI=1S/C35H39N3O4S/c36-35(40)27-10-15-30-31(24-27)43-34(26-8-13-29(14-9-26)42-23-21-38-18-4-5-19-38)32(30)33(39)25-6-11-28(12-7-25)41-22-20-37-16-2-1-3-17-37/h6-15,24H,1-5,16-23H2,(H2,36,40). The number of rotatable bonds is 12. The minimum absolute atomic E-state index is 0.0705. The molecule has 6 rings (SSSR count). The van der Waals surface area contributed by atoms with Crippen LogP contribution in [-0.2, 0) is 0 Å². The molecule has 0 radical (unpaired) electrons. The number of carbonyl (C=O) groups excluding carboxylic acids is 2. The first-order valence-corrected chi connectivity index (χ1v) is 16.2. The Morgan fingerprint density at radius 3 is 1.81 bits per heavy atom. The molecule has 1 amide bonds. The van der Waals surface area contributed by atoms with Gasteiger partial charge in [-0.2, -0.15) is 0 Å².